The van der Waals surface area contributed by atoms with Gasteiger partial charge in [0.15, 0.2) is 11.5 Å². The number of hydrogen-bond donors (Lipinski definition) is 2. The molecule has 3 N–H and O–H groups in total. The number of nitrogens with two attached hydrogens (primary N) is 1. The van der Waals surface area contributed by atoms with E-state index in [1.165, 1.54) is 7.11 Å². The number of rotatable bonds is 2. The Bertz CT molecular complexity index is 367. The zero-order valence-electron chi connectivity index (χ0n) is 7.83. The third kappa shape index (κ3) is 1.48. The summed E-state index contributed by atoms with van der Waals surface area (Å²) in [6, 6.07) is 3.94. The molecule has 0 bridgehead atoms. The number of methoxy groups -OCH3 is 1. The zero-order chi connectivity index (χ0) is 10.3. The van der Waals surface area contributed by atoms with E-state index in [0.717, 1.165) is 12.0 Å². The molecule has 0 aromatic heterocycles. The van der Waals surface area contributed by atoms with Crippen molar-refractivity contribution in [1.82, 2.24) is 0 Å². The van der Waals surface area contributed by atoms with E-state index < -0.39 is 0 Å². The van der Waals surface area contributed by atoms with Gasteiger partial charge in [-0.15, -0.1) is 0 Å². The average molecular weight is 258 g/mol. The molecule has 1 fully saturated rings. The molecule has 14 heavy (non-hydrogen) atoms. The Morgan fingerprint density at radius 2 is 2.21 bits per heavy atom. The molecule has 0 aliphatic heterocycles. The summed E-state index contributed by atoms with van der Waals surface area (Å²) < 4.78 is 5.70. The van der Waals surface area contributed by atoms with Crippen molar-refractivity contribution in [3.05, 3.63) is 22.2 Å². The maximum Gasteiger partial charge on any atom is 0.172 e. The maximum absolute atomic E-state index is 9.73. The summed E-state index contributed by atoms with van der Waals surface area (Å²) in [6.07, 6.45) is 0.990. The molecule has 0 radical (unpaired) electrons. The third-order valence-electron chi connectivity index (χ3n) is 2.57. The lowest BCUT2D eigenvalue weighted by Gasteiger charge is -2.09. The Labute approximate surface area is 91.0 Å². The average Bonchev–Trinajstić information content (AvgIpc) is 2.87. The molecule has 2 rings (SSSR count). The first-order valence-electron chi connectivity index (χ1n) is 4.46. The fourth-order valence-electron chi connectivity index (χ4n) is 1.59. The molecule has 0 saturated heterocycles. The largest absolute Gasteiger partial charge is 0.503 e. The van der Waals surface area contributed by atoms with Crippen molar-refractivity contribution in [3.63, 3.8) is 0 Å². The predicted molar refractivity (Wildman–Crippen MR) is 57.7 cm³/mol. The molecule has 0 spiro atoms. The van der Waals surface area contributed by atoms with Gasteiger partial charge in [-0.05, 0) is 34.0 Å². The van der Waals surface area contributed by atoms with Gasteiger partial charge in [-0.25, -0.2) is 0 Å². The Morgan fingerprint density at radius 1 is 1.57 bits per heavy atom. The molecule has 3 nitrogen and oxygen atoms in total. The predicted octanol–water partition coefficient (Wildman–Crippen LogP) is 1.98. The van der Waals surface area contributed by atoms with Crippen LogP contribution in [-0.2, 0) is 0 Å². The second-order valence-electron chi connectivity index (χ2n) is 3.53. The molecule has 0 amide bonds. The summed E-state index contributed by atoms with van der Waals surface area (Å²) in [6.45, 7) is 0. The van der Waals surface area contributed by atoms with Crippen LogP contribution >= 0.6 is 15.9 Å². The van der Waals surface area contributed by atoms with E-state index in [4.69, 9.17) is 10.5 Å². The second kappa shape index (κ2) is 3.44. The minimum absolute atomic E-state index is 0.157. The molecule has 2 atom stereocenters. The second-order valence-corrected chi connectivity index (χ2v) is 4.32. The summed E-state index contributed by atoms with van der Waals surface area (Å²) in [7, 11) is 1.53. The Balaban J connectivity index is 2.39. The molecular weight excluding hydrogens is 246 g/mol. The van der Waals surface area contributed by atoms with E-state index in [9.17, 15) is 5.11 Å². The van der Waals surface area contributed by atoms with E-state index in [-0.39, 0.29) is 11.8 Å². The Morgan fingerprint density at radius 3 is 2.71 bits per heavy atom. The van der Waals surface area contributed by atoms with Gasteiger partial charge < -0.3 is 15.6 Å². The maximum atomic E-state index is 9.73. The minimum Gasteiger partial charge on any atom is -0.503 e. The number of phenolic OH excluding ortho intramolecular Hbond substituents is 1. The van der Waals surface area contributed by atoms with E-state index in [1.807, 2.05) is 6.07 Å². The third-order valence-corrected chi connectivity index (χ3v) is 3.40. The molecular formula is C10H12BrNO2. The lowest BCUT2D eigenvalue weighted by Crippen LogP contribution is -2.01. The molecule has 0 heterocycles. The first kappa shape index (κ1) is 9.80. The van der Waals surface area contributed by atoms with Crippen LogP contribution in [0.3, 0.4) is 0 Å². The van der Waals surface area contributed by atoms with E-state index in [2.05, 4.69) is 15.9 Å². The summed E-state index contributed by atoms with van der Waals surface area (Å²) in [5.74, 6) is 1.01. The molecule has 1 aliphatic rings. The van der Waals surface area contributed by atoms with Gasteiger partial charge in [-0.2, -0.15) is 0 Å². The number of ether oxygens (including phenoxy) is 1. The summed E-state index contributed by atoms with van der Waals surface area (Å²) in [4.78, 5) is 0. The van der Waals surface area contributed by atoms with Gasteiger partial charge in [0, 0.05) is 12.0 Å². The fourth-order valence-corrected chi connectivity index (χ4v) is 2.21. The van der Waals surface area contributed by atoms with Crippen molar-refractivity contribution in [2.24, 2.45) is 5.73 Å². The summed E-state index contributed by atoms with van der Waals surface area (Å²) >= 11 is 3.35. The van der Waals surface area contributed by atoms with Crippen molar-refractivity contribution in [2.45, 2.75) is 18.4 Å². The lowest BCUT2D eigenvalue weighted by atomic mass is 10.1. The number of aromatic hydroxyl groups is 1. The van der Waals surface area contributed by atoms with Crippen molar-refractivity contribution < 1.29 is 9.84 Å². The first-order valence-corrected chi connectivity index (χ1v) is 5.25. The summed E-state index contributed by atoms with van der Waals surface area (Å²) in [5, 5.41) is 9.73. The van der Waals surface area contributed by atoms with Crippen LogP contribution in [-0.4, -0.2) is 18.3 Å². The Hall–Kier alpha value is -0.740. The monoisotopic (exact) mass is 257 g/mol. The lowest BCUT2D eigenvalue weighted by molar-refractivity contribution is 0.371. The van der Waals surface area contributed by atoms with Crippen LogP contribution in [0.4, 0.5) is 0 Å². The van der Waals surface area contributed by atoms with Crippen molar-refractivity contribution in [1.29, 1.82) is 0 Å². The van der Waals surface area contributed by atoms with Gasteiger partial charge in [0.25, 0.3) is 0 Å². The first-order chi connectivity index (χ1) is 6.65. The molecule has 4 heteroatoms. The molecule has 1 aromatic carbocycles. The van der Waals surface area contributed by atoms with Gasteiger partial charge in [0.05, 0.1) is 11.6 Å². The molecule has 1 aromatic rings. The Kier molecular flexibility index (Phi) is 2.41. The standard InChI is InChI=1S/C10H12BrNO2/c1-14-8-3-2-5(6-4-7(6)12)9(11)10(8)13/h2-3,6-7,13H,4,12H2,1H3/t6-,7+/m0/s1. The van der Waals surface area contributed by atoms with Crippen LogP contribution in [0, 0.1) is 0 Å². The SMILES string of the molecule is COc1ccc([C@@H]2C[C@H]2N)c(Br)c1O. The quantitative estimate of drug-likeness (QED) is 0.852. The fraction of sp³-hybridized carbons (Fsp3) is 0.400. The normalized spacial score (nSPS) is 24.8. The van der Waals surface area contributed by atoms with Crippen molar-refractivity contribution in [2.75, 3.05) is 7.11 Å². The van der Waals surface area contributed by atoms with Gasteiger partial charge in [-0.1, -0.05) is 6.07 Å². The van der Waals surface area contributed by atoms with Gasteiger partial charge in [-0.3, -0.25) is 0 Å². The van der Waals surface area contributed by atoms with Crippen molar-refractivity contribution in [3.8, 4) is 11.5 Å². The number of phenols is 1. The van der Waals surface area contributed by atoms with Crippen LogP contribution < -0.4 is 10.5 Å². The zero-order valence-corrected chi connectivity index (χ0v) is 9.41. The topological polar surface area (TPSA) is 55.5 Å². The van der Waals surface area contributed by atoms with E-state index >= 15 is 0 Å². The smallest absolute Gasteiger partial charge is 0.172 e. The minimum atomic E-state index is 0.157. The number of halogens is 1. The molecule has 0 unspecified atom stereocenters. The van der Waals surface area contributed by atoms with E-state index in [1.54, 1.807) is 6.07 Å². The van der Waals surface area contributed by atoms with E-state index in [0.29, 0.717) is 16.1 Å². The highest BCUT2D eigenvalue weighted by atomic mass is 79.9. The van der Waals surface area contributed by atoms with Crippen LogP contribution in [0.1, 0.15) is 17.9 Å². The summed E-state index contributed by atoms with van der Waals surface area (Å²) in [5.41, 5.74) is 6.82. The molecule has 76 valence electrons. The van der Waals surface area contributed by atoms with Gasteiger partial charge in [0.2, 0.25) is 0 Å². The van der Waals surface area contributed by atoms with Crippen molar-refractivity contribution >= 4 is 15.9 Å². The van der Waals surface area contributed by atoms with Crippen LogP contribution in [0.5, 0.6) is 11.5 Å². The highest BCUT2D eigenvalue weighted by Crippen LogP contribution is 2.47. The van der Waals surface area contributed by atoms with Crippen LogP contribution in [0.25, 0.3) is 0 Å². The van der Waals surface area contributed by atoms with Crippen LogP contribution in [0.2, 0.25) is 0 Å². The highest BCUT2D eigenvalue weighted by Gasteiger charge is 2.37. The van der Waals surface area contributed by atoms with Gasteiger partial charge >= 0.3 is 0 Å². The molecule has 1 saturated carbocycles. The number of benzene rings is 1. The van der Waals surface area contributed by atoms with Gasteiger partial charge in [0.1, 0.15) is 0 Å². The number of hydrogen-bond acceptors (Lipinski definition) is 3. The van der Waals surface area contributed by atoms with Crippen LogP contribution in [0.15, 0.2) is 16.6 Å². The molecule has 1 aliphatic carbocycles. The highest BCUT2D eigenvalue weighted by molar-refractivity contribution is 9.10.